The highest BCUT2D eigenvalue weighted by Crippen LogP contribution is 2.30. The minimum absolute atomic E-state index is 0.202. The third-order valence-electron chi connectivity index (χ3n) is 5.18. The molecule has 3 rings (SSSR count). The van der Waals surface area contributed by atoms with Gasteiger partial charge in [-0.05, 0) is 51.2 Å². The van der Waals surface area contributed by atoms with E-state index in [0.29, 0.717) is 18.0 Å². The predicted octanol–water partition coefficient (Wildman–Crippen LogP) is 3.03. The molecule has 0 bridgehead atoms. The first-order chi connectivity index (χ1) is 11.6. The van der Waals surface area contributed by atoms with Gasteiger partial charge in [-0.15, -0.1) is 0 Å². The number of benzene rings is 1. The second-order valence-electron chi connectivity index (χ2n) is 7.50. The summed E-state index contributed by atoms with van der Waals surface area (Å²) in [5, 5.41) is 7.45. The third kappa shape index (κ3) is 4.50. The zero-order valence-electron chi connectivity index (χ0n) is 15.3. The van der Waals surface area contributed by atoms with Crippen LogP contribution in [0.25, 0.3) is 0 Å². The van der Waals surface area contributed by atoms with Crippen LogP contribution in [0.1, 0.15) is 44.2 Å². The SMILES string of the molecule is Cc1ccc(CNC2CCCC2C2COCCN2)c(OC(C)C)c1. The number of hydrogen-bond donors (Lipinski definition) is 2. The highest BCUT2D eigenvalue weighted by Gasteiger charge is 2.34. The number of rotatable bonds is 6. The molecule has 4 nitrogen and oxygen atoms in total. The monoisotopic (exact) mass is 332 g/mol. The molecule has 0 spiro atoms. The fourth-order valence-electron chi connectivity index (χ4n) is 4.00. The Labute approximate surface area is 146 Å². The van der Waals surface area contributed by atoms with E-state index in [4.69, 9.17) is 9.47 Å². The standard InChI is InChI=1S/C20H32N2O2/c1-14(2)24-20-11-15(3)7-8-16(20)12-22-18-6-4-5-17(18)19-13-23-10-9-21-19/h7-8,11,14,17-19,21-22H,4-6,9-10,12-13H2,1-3H3. The van der Waals surface area contributed by atoms with E-state index in [1.807, 2.05) is 0 Å². The molecule has 2 aliphatic rings. The number of hydrogen-bond acceptors (Lipinski definition) is 4. The van der Waals surface area contributed by atoms with Gasteiger partial charge in [-0.25, -0.2) is 0 Å². The van der Waals surface area contributed by atoms with Crippen LogP contribution >= 0.6 is 0 Å². The van der Waals surface area contributed by atoms with Crippen molar-refractivity contribution in [3.63, 3.8) is 0 Å². The van der Waals surface area contributed by atoms with Gasteiger partial charge in [0.15, 0.2) is 0 Å². The number of morpholine rings is 1. The summed E-state index contributed by atoms with van der Waals surface area (Å²) in [6.07, 6.45) is 4.06. The Morgan fingerprint density at radius 3 is 2.96 bits per heavy atom. The fourth-order valence-corrected chi connectivity index (χ4v) is 4.00. The van der Waals surface area contributed by atoms with Crippen molar-refractivity contribution in [1.29, 1.82) is 0 Å². The van der Waals surface area contributed by atoms with Crippen LogP contribution in [0, 0.1) is 12.8 Å². The van der Waals surface area contributed by atoms with Crippen LogP contribution in [-0.2, 0) is 11.3 Å². The largest absolute Gasteiger partial charge is 0.491 e. The first kappa shape index (κ1) is 17.7. The molecule has 134 valence electrons. The Morgan fingerprint density at radius 2 is 2.21 bits per heavy atom. The molecule has 3 unspecified atom stereocenters. The molecular formula is C20H32N2O2. The molecule has 1 saturated heterocycles. The average Bonchev–Trinajstić information content (AvgIpc) is 3.03. The molecule has 3 atom stereocenters. The molecule has 1 aromatic carbocycles. The van der Waals surface area contributed by atoms with E-state index in [1.54, 1.807) is 0 Å². The van der Waals surface area contributed by atoms with Crippen LogP contribution in [0.3, 0.4) is 0 Å². The lowest BCUT2D eigenvalue weighted by Crippen LogP contribution is -2.50. The molecule has 0 radical (unpaired) electrons. The molecule has 0 amide bonds. The van der Waals surface area contributed by atoms with E-state index in [2.05, 4.69) is 49.6 Å². The van der Waals surface area contributed by atoms with Gasteiger partial charge in [0.1, 0.15) is 5.75 Å². The van der Waals surface area contributed by atoms with E-state index in [0.717, 1.165) is 32.1 Å². The Balaban J connectivity index is 1.62. The lowest BCUT2D eigenvalue weighted by molar-refractivity contribution is 0.0524. The van der Waals surface area contributed by atoms with E-state index in [9.17, 15) is 0 Å². The molecule has 2 N–H and O–H groups in total. The number of aryl methyl sites for hydroxylation is 1. The number of nitrogens with one attached hydrogen (secondary N) is 2. The molecule has 24 heavy (non-hydrogen) atoms. The maximum atomic E-state index is 6.01. The summed E-state index contributed by atoms with van der Waals surface area (Å²) >= 11 is 0. The zero-order valence-corrected chi connectivity index (χ0v) is 15.3. The van der Waals surface area contributed by atoms with Gasteiger partial charge in [0.25, 0.3) is 0 Å². The van der Waals surface area contributed by atoms with Gasteiger partial charge in [-0.1, -0.05) is 18.6 Å². The van der Waals surface area contributed by atoms with Crippen molar-refractivity contribution in [2.75, 3.05) is 19.8 Å². The van der Waals surface area contributed by atoms with Crippen molar-refractivity contribution < 1.29 is 9.47 Å². The molecule has 2 fully saturated rings. The second kappa shape index (κ2) is 8.32. The van der Waals surface area contributed by atoms with Gasteiger partial charge in [0.05, 0.1) is 19.3 Å². The first-order valence-corrected chi connectivity index (χ1v) is 9.44. The maximum absolute atomic E-state index is 6.01. The Kier molecular flexibility index (Phi) is 6.14. The molecule has 1 aromatic rings. The normalized spacial score (nSPS) is 27.6. The van der Waals surface area contributed by atoms with Crippen LogP contribution in [0.15, 0.2) is 18.2 Å². The quantitative estimate of drug-likeness (QED) is 0.840. The third-order valence-corrected chi connectivity index (χ3v) is 5.18. The first-order valence-electron chi connectivity index (χ1n) is 9.44. The van der Waals surface area contributed by atoms with Gasteiger partial charge in [0.2, 0.25) is 0 Å². The van der Waals surface area contributed by atoms with E-state index >= 15 is 0 Å². The van der Waals surface area contributed by atoms with Gasteiger partial charge in [-0.3, -0.25) is 0 Å². The van der Waals surface area contributed by atoms with Crippen molar-refractivity contribution in [3.8, 4) is 5.75 Å². The molecular weight excluding hydrogens is 300 g/mol. The molecule has 0 aromatic heterocycles. The summed E-state index contributed by atoms with van der Waals surface area (Å²) in [4.78, 5) is 0. The van der Waals surface area contributed by atoms with Gasteiger partial charge >= 0.3 is 0 Å². The minimum atomic E-state index is 0.202. The maximum Gasteiger partial charge on any atom is 0.124 e. The Morgan fingerprint density at radius 1 is 1.33 bits per heavy atom. The molecule has 1 saturated carbocycles. The zero-order chi connectivity index (χ0) is 16.9. The topological polar surface area (TPSA) is 42.5 Å². The molecule has 4 heteroatoms. The highest BCUT2D eigenvalue weighted by atomic mass is 16.5. The van der Waals surface area contributed by atoms with Gasteiger partial charge in [-0.2, -0.15) is 0 Å². The number of ether oxygens (including phenoxy) is 2. The van der Waals surface area contributed by atoms with E-state index < -0.39 is 0 Å². The molecule has 1 heterocycles. The van der Waals surface area contributed by atoms with Gasteiger partial charge in [0, 0.05) is 30.7 Å². The van der Waals surface area contributed by atoms with E-state index in [1.165, 1.54) is 30.4 Å². The van der Waals surface area contributed by atoms with Gasteiger partial charge < -0.3 is 20.1 Å². The second-order valence-corrected chi connectivity index (χ2v) is 7.50. The summed E-state index contributed by atoms with van der Waals surface area (Å²) in [5.74, 6) is 1.69. The lowest BCUT2D eigenvalue weighted by Gasteiger charge is -2.33. The van der Waals surface area contributed by atoms with Crippen molar-refractivity contribution in [2.45, 2.75) is 64.8 Å². The minimum Gasteiger partial charge on any atom is -0.491 e. The average molecular weight is 332 g/mol. The van der Waals surface area contributed by atoms with Crippen LogP contribution < -0.4 is 15.4 Å². The van der Waals surface area contributed by atoms with Crippen LogP contribution in [-0.4, -0.2) is 37.9 Å². The van der Waals surface area contributed by atoms with E-state index in [-0.39, 0.29) is 6.10 Å². The Bertz CT molecular complexity index is 526. The summed E-state index contributed by atoms with van der Waals surface area (Å²) < 4.78 is 11.7. The summed E-state index contributed by atoms with van der Waals surface area (Å²) in [7, 11) is 0. The fraction of sp³-hybridized carbons (Fsp3) is 0.700. The Hall–Kier alpha value is -1.10. The highest BCUT2D eigenvalue weighted by molar-refractivity contribution is 5.37. The summed E-state index contributed by atoms with van der Waals surface area (Å²) in [6.45, 7) is 9.85. The molecule has 1 aliphatic heterocycles. The van der Waals surface area contributed by atoms with Crippen LogP contribution in [0.4, 0.5) is 0 Å². The smallest absolute Gasteiger partial charge is 0.124 e. The van der Waals surface area contributed by atoms with Crippen molar-refractivity contribution in [2.24, 2.45) is 5.92 Å². The molecule has 1 aliphatic carbocycles. The summed E-state index contributed by atoms with van der Waals surface area (Å²) in [6, 6.07) is 7.60. The summed E-state index contributed by atoms with van der Waals surface area (Å²) in [5.41, 5.74) is 2.50. The van der Waals surface area contributed by atoms with Crippen LogP contribution in [0.2, 0.25) is 0 Å². The van der Waals surface area contributed by atoms with Crippen LogP contribution in [0.5, 0.6) is 5.75 Å². The van der Waals surface area contributed by atoms with Crippen molar-refractivity contribution in [3.05, 3.63) is 29.3 Å². The van der Waals surface area contributed by atoms with Crippen molar-refractivity contribution in [1.82, 2.24) is 10.6 Å². The lowest BCUT2D eigenvalue weighted by atomic mass is 9.94. The predicted molar refractivity (Wildman–Crippen MR) is 97.5 cm³/mol. The van der Waals surface area contributed by atoms with Crippen molar-refractivity contribution >= 4 is 0 Å².